The van der Waals surface area contributed by atoms with Crippen molar-refractivity contribution in [2.45, 2.75) is 38.8 Å². The Morgan fingerprint density at radius 1 is 1.50 bits per heavy atom. The summed E-state index contributed by atoms with van der Waals surface area (Å²) in [6.07, 6.45) is 2.38. The Morgan fingerprint density at radius 2 is 2.08 bits per heavy atom. The minimum Gasteiger partial charge on any atom is -0.395 e. The summed E-state index contributed by atoms with van der Waals surface area (Å²) in [7, 11) is 2.05. The lowest BCUT2D eigenvalue weighted by Gasteiger charge is -2.26. The lowest BCUT2D eigenvalue weighted by molar-refractivity contribution is 0.188. The smallest absolute Gasteiger partial charge is 0.0595 e. The zero-order valence-electron chi connectivity index (χ0n) is 8.45. The predicted molar refractivity (Wildman–Crippen MR) is 52.1 cm³/mol. The third kappa shape index (κ3) is 4.70. The van der Waals surface area contributed by atoms with Gasteiger partial charge in [0.2, 0.25) is 0 Å². The van der Waals surface area contributed by atoms with Crippen LogP contribution in [0.5, 0.6) is 0 Å². The highest BCUT2D eigenvalue weighted by Gasteiger charge is 2.10. The molecule has 0 bridgehead atoms. The van der Waals surface area contributed by atoms with Crippen molar-refractivity contribution >= 4 is 0 Å². The van der Waals surface area contributed by atoms with Crippen molar-refractivity contribution in [3.8, 4) is 0 Å². The normalized spacial score (nSPS) is 16.5. The molecule has 74 valence electrons. The van der Waals surface area contributed by atoms with E-state index in [1.807, 2.05) is 0 Å². The highest BCUT2D eigenvalue weighted by molar-refractivity contribution is 4.69. The molecule has 0 rings (SSSR count). The molecule has 0 amide bonds. The van der Waals surface area contributed by atoms with Crippen molar-refractivity contribution in [2.75, 3.05) is 20.2 Å². The number of nitrogens with two attached hydrogens (primary N) is 1. The molecule has 0 spiro atoms. The molecule has 0 heterocycles. The summed E-state index contributed by atoms with van der Waals surface area (Å²) >= 11 is 0. The summed E-state index contributed by atoms with van der Waals surface area (Å²) in [5.74, 6) is 0. The van der Waals surface area contributed by atoms with Gasteiger partial charge in [-0.05, 0) is 20.4 Å². The Hall–Kier alpha value is -0.120. The maximum atomic E-state index is 8.74. The van der Waals surface area contributed by atoms with Crippen LogP contribution < -0.4 is 5.73 Å². The Morgan fingerprint density at radius 3 is 2.50 bits per heavy atom. The molecule has 3 nitrogen and oxygen atoms in total. The van der Waals surface area contributed by atoms with Crippen LogP contribution >= 0.6 is 0 Å². The molecule has 0 aromatic heterocycles. The molecule has 0 aromatic rings. The standard InChI is InChI=1S/C9H22N2O/c1-4-5-8(2)11(3)6-9(10)7-12/h8-9,12H,4-7,10H2,1-3H3. The first-order valence-electron chi connectivity index (χ1n) is 4.68. The van der Waals surface area contributed by atoms with E-state index in [4.69, 9.17) is 10.8 Å². The van der Waals surface area contributed by atoms with E-state index in [9.17, 15) is 0 Å². The number of likely N-dealkylation sites (N-methyl/N-ethyl adjacent to an activating group) is 1. The fourth-order valence-corrected chi connectivity index (χ4v) is 1.25. The van der Waals surface area contributed by atoms with Crippen LogP contribution in [0.25, 0.3) is 0 Å². The van der Waals surface area contributed by atoms with Crippen LogP contribution in [0.4, 0.5) is 0 Å². The number of hydrogen-bond donors (Lipinski definition) is 2. The highest BCUT2D eigenvalue weighted by atomic mass is 16.3. The molecule has 2 atom stereocenters. The van der Waals surface area contributed by atoms with Gasteiger partial charge in [-0.25, -0.2) is 0 Å². The molecule has 0 aliphatic carbocycles. The monoisotopic (exact) mass is 174 g/mol. The van der Waals surface area contributed by atoms with Gasteiger partial charge in [0.05, 0.1) is 6.61 Å². The summed E-state index contributed by atoms with van der Waals surface area (Å²) in [6, 6.07) is 0.460. The fourth-order valence-electron chi connectivity index (χ4n) is 1.25. The van der Waals surface area contributed by atoms with Gasteiger partial charge in [0.25, 0.3) is 0 Å². The lowest BCUT2D eigenvalue weighted by Crippen LogP contribution is -2.41. The van der Waals surface area contributed by atoms with E-state index < -0.39 is 0 Å². The van der Waals surface area contributed by atoms with Crippen LogP contribution in [0.15, 0.2) is 0 Å². The summed E-state index contributed by atoms with van der Waals surface area (Å²) < 4.78 is 0. The molecular weight excluding hydrogens is 152 g/mol. The van der Waals surface area contributed by atoms with Gasteiger partial charge in [0.1, 0.15) is 0 Å². The Bertz CT molecular complexity index is 109. The summed E-state index contributed by atoms with van der Waals surface area (Å²) in [6.45, 7) is 5.21. The largest absolute Gasteiger partial charge is 0.395 e. The maximum Gasteiger partial charge on any atom is 0.0595 e. The first-order chi connectivity index (χ1) is 5.61. The number of rotatable bonds is 6. The molecule has 0 aromatic carbocycles. The lowest BCUT2D eigenvalue weighted by atomic mass is 10.1. The van der Waals surface area contributed by atoms with Crippen molar-refractivity contribution in [2.24, 2.45) is 5.73 Å². The average molecular weight is 174 g/mol. The van der Waals surface area contributed by atoms with Gasteiger partial charge >= 0.3 is 0 Å². The first kappa shape index (κ1) is 11.9. The second-order valence-electron chi connectivity index (χ2n) is 3.52. The van der Waals surface area contributed by atoms with Gasteiger partial charge in [0.15, 0.2) is 0 Å². The third-order valence-electron chi connectivity index (χ3n) is 2.22. The molecular formula is C9H22N2O. The third-order valence-corrected chi connectivity index (χ3v) is 2.22. The van der Waals surface area contributed by atoms with Gasteiger partial charge in [0, 0.05) is 18.6 Å². The van der Waals surface area contributed by atoms with Gasteiger partial charge in [-0.2, -0.15) is 0 Å². The number of aliphatic hydroxyl groups excluding tert-OH is 1. The highest BCUT2D eigenvalue weighted by Crippen LogP contribution is 2.03. The van der Waals surface area contributed by atoms with E-state index in [-0.39, 0.29) is 12.6 Å². The molecule has 0 saturated carbocycles. The maximum absolute atomic E-state index is 8.74. The minimum absolute atomic E-state index is 0.0726. The Kier molecular flexibility index (Phi) is 6.34. The van der Waals surface area contributed by atoms with E-state index in [1.54, 1.807) is 0 Å². The Balaban J connectivity index is 3.62. The molecule has 3 N–H and O–H groups in total. The van der Waals surface area contributed by atoms with E-state index in [0.717, 1.165) is 6.54 Å². The average Bonchev–Trinajstić information content (AvgIpc) is 2.04. The van der Waals surface area contributed by atoms with Crippen LogP contribution in [0.1, 0.15) is 26.7 Å². The van der Waals surface area contributed by atoms with Crippen LogP contribution in [-0.2, 0) is 0 Å². The van der Waals surface area contributed by atoms with Crippen LogP contribution in [0.3, 0.4) is 0 Å². The van der Waals surface area contributed by atoms with E-state index in [1.165, 1.54) is 12.8 Å². The van der Waals surface area contributed by atoms with Gasteiger partial charge < -0.3 is 15.7 Å². The summed E-state index contributed by atoms with van der Waals surface area (Å²) in [5.41, 5.74) is 5.62. The van der Waals surface area contributed by atoms with Crippen molar-refractivity contribution in [1.82, 2.24) is 4.90 Å². The number of aliphatic hydroxyl groups is 1. The number of hydrogen-bond acceptors (Lipinski definition) is 3. The molecule has 2 unspecified atom stereocenters. The molecule has 0 fully saturated rings. The molecule has 0 aliphatic rings. The van der Waals surface area contributed by atoms with Crippen molar-refractivity contribution in [3.63, 3.8) is 0 Å². The van der Waals surface area contributed by atoms with Gasteiger partial charge in [-0.3, -0.25) is 0 Å². The quantitative estimate of drug-likeness (QED) is 0.614. The molecule has 0 aliphatic heterocycles. The van der Waals surface area contributed by atoms with Crippen LogP contribution in [0, 0.1) is 0 Å². The van der Waals surface area contributed by atoms with E-state index >= 15 is 0 Å². The van der Waals surface area contributed by atoms with Gasteiger partial charge in [-0.1, -0.05) is 13.3 Å². The van der Waals surface area contributed by atoms with Crippen LogP contribution in [0.2, 0.25) is 0 Å². The topological polar surface area (TPSA) is 49.5 Å². The second-order valence-corrected chi connectivity index (χ2v) is 3.52. The Labute approximate surface area is 75.6 Å². The van der Waals surface area contributed by atoms with E-state index in [2.05, 4.69) is 25.8 Å². The van der Waals surface area contributed by atoms with Crippen LogP contribution in [-0.4, -0.2) is 42.3 Å². The van der Waals surface area contributed by atoms with Crippen molar-refractivity contribution in [1.29, 1.82) is 0 Å². The predicted octanol–water partition coefficient (Wildman–Crippen LogP) is 0.426. The van der Waals surface area contributed by atoms with E-state index in [0.29, 0.717) is 6.04 Å². The molecule has 3 heteroatoms. The zero-order valence-corrected chi connectivity index (χ0v) is 8.45. The SMILES string of the molecule is CCCC(C)N(C)CC(N)CO. The molecule has 0 saturated heterocycles. The minimum atomic E-state index is -0.102. The second kappa shape index (κ2) is 6.40. The van der Waals surface area contributed by atoms with Crippen molar-refractivity contribution < 1.29 is 5.11 Å². The van der Waals surface area contributed by atoms with Crippen molar-refractivity contribution in [3.05, 3.63) is 0 Å². The summed E-state index contributed by atoms with van der Waals surface area (Å²) in [5, 5.41) is 8.74. The number of nitrogens with zero attached hydrogens (tertiary/aromatic N) is 1. The first-order valence-corrected chi connectivity index (χ1v) is 4.68. The molecule has 12 heavy (non-hydrogen) atoms. The molecule has 0 radical (unpaired) electrons. The van der Waals surface area contributed by atoms with Gasteiger partial charge in [-0.15, -0.1) is 0 Å². The zero-order chi connectivity index (χ0) is 9.56. The fraction of sp³-hybridized carbons (Fsp3) is 1.00. The summed E-state index contributed by atoms with van der Waals surface area (Å²) in [4.78, 5) is 2.20.